The van der Waals surface area contributed by atoms with Gasteiger partial charge in [0.2, 0.25) is 11.8 Å². The number of rotatable bonds is 10. The molecule has 0 aromatic heterocycles. The van der Waals surface area contributed by atoms with Crippen molar-refractivity contribution in [1.82, 2.24) is 10.6 Å². The van der Waals surface area contributed by atoms with E-state index in [0.29, 0.717) is 19.8 Å². The summed E-state index contributed by atoms with van der Waals surface area (Å²) in [6.45, 7) is 7.52. The minimum Gasteiger partial charge on any atom is -0.377 e. The number of carbonyl (C=O) groups is 2. The van der Waals surface area contributed by atoms with Crippen LogP contribution in [0, 0.1) is 5.92 Å². The minimum atomic E-state index is -0.583. The first kappa shape index (κ1) is 23.5. The van der Waals surface area contributed by atoms with Gasteiger partial charge in [0.1, 0.15) is 6.04 Å². The normalized spacial score (nSPS) is 12.0. The van der Waals surface area contributed by atoms with Gasteiger partial charge >= 0.3 is 0 Å². The summed E-state index contributed by atoms with van der Waals surface area (Å²) in [5, 5.41) is 8.11. The maximum absolute atomic E-state index is 12.8. The summed E-state index contributed by atoms with van der Waals surface area (Å²) in [7, 11) is 0. The van der Waals surface area contributed by atoms with Gasteiger partial charge in [0.15, 0.2) is 0 Å². The molecule has 0 radical (unpaired) electrons. The number of nitrogens with one attached hydrogen (secondary N) is 2. The molecule has 2 amide bonds. The van der Waals surface area contributed by atoms with Crippen LogP contribution < -0.4 is 10.6 Å². The van der Waals surface area contributed by atoms with Gasteiger partial charge in [-0.1, -0.05) is 80.6 Å². The molecule has 3 aromatic rings. The summed E-state index contributed by atoms with van der Waals surface area (Å²) in [4.78, 5) is 25.4. The molecule has 0 bridgehead atoms. The molecular formula is C27H32N2O3. The van der Waals surface area contributed by atoms with Crippen LogP contribution in [0.3, 0.4) is 0 Å². The van der Waals surface area contributed by atoms with Crippen LogP contribution in [-0.2, 0) is 33.9 Å². The second-order valence-corrected chi connectivity index (χ2v) is 8.32. The topological polar surface area (TPSA) is 67.4 Å². The van der Waals surface area contributed by atoms with E-state index in [1.807, 2.05) is 87.5 Å². The maximum atomic E-state index is 12.8. The summed E-state index contributed by atoms with van der Waals surface area (Å²) < 4.78 is 5.41. The van der Waals surface area contributed by atoms with Crippen molar-refractivity contribution < 1.29 is 14.3 Å². The number of benzene rings is 3. The molecular weight excluding hydrogens is 400 g/mol. The predicted molar refractivity (Wildman–Crippen MR) is 128 cm³/mol. The lowest BCUT2D eigenvalue weighted by atomic mass is 10.0. The Morgan fingerprint density at radius 1 is 0.875 bits per heavy atom. The van der Waals surface area contributed by atoms with Gasteiger partial charge in [-0.25, -0.2) is 0 Å². The van der Waals surface area contributed by atoms with Crippen molar-refractivity contribution in [2.24, 2.45) is 5.92 Å². The average Bonchev–Trinajstić information content (AvgIpc) is 2.80. The van der Waals surface area contributed by atoms with Crippen LogP contribution >= 0.6 is 0 Å². The fourth-order valence-corrected chi connectivity index (χ4v) is 3.57. The van der Waals surface area contributed by atoms with Crippen LogP contribution in [0.1, 0.15) is 37.5 Å². The van der Waals surface area contributed by atoms with E-state index in [1.54, 1.807) is 0 Å². The first-order valence-electron chi connectivity index (χ1n) is 11.2. The molecule has 0 spiro atoms. The number of hydrogen-bond donors (Lipinski definition) is 2. The highest BCUT2D eigenvalue weighted by Crippen LogP contribution is 2.16. The zero-order valence-corrected chi connectivity index (χ0v) is 19.1. The van der Waals surface area contributed by atoms with E-state index in [-0.39, 0.29) is 24.2 Å². The molecule has 1 unspecified atom stereocenters. The third-order valence-electron chi connectivity index (χ3n) is 5.41. The zero-order chi connectivity index (χ0) is 22.9. The second-order valence-electron chi connectivity index (χ2n) is 8.32. The largest absolute Gasteiger partial charge is 0.377 e. The average molecular weight is 433 g/mol. The highest BCUT2D eigenvalue weighted by Gasteiger charge is 2.24. The molecule has 0 aliphatic carbocycles. The fourth-order valence-electron chi connectivity index (χ4n) is 3.57. The van der Waals surface area contributed by atoms with Crippen LogP contribution in [0.25, 0.3) is 10.8 Å². The third-order valence-corrected chi connectivity index (χ3v) is 5.41. The van der Waals surface area contributed by atoms with Crippen molar-refractivity contribution in [3.05, 3.63) is 83.4 Å². The molecule has 2 N–H and O–H groups in total. The molecule has 0 saturated heterocycles. The Morgan fingerprint density at radius 2 is 1.53 bits per heavy atom. The van der Waals surface area contributed by atoms with E-state index < -0.39 is 6.04 Å². The molecule has 5 nitrogen and oxygen atoms in total. The van der Waals surface area contributed by atoms with Crippen molar-refractivity contribution in [2.75, 3.05) is 6.61 Å². The van der Waals surface area contributed by atoms with Gasteiger partial charge in [-0.3, -0.25) is 9.59 Å². The number of carbonyl (C=O) groups excluding carboxylic acids is 2. The Hall–Kier alpha value is -3.18. The highest BCUT2D eigenvalue weighted by atomic mass is 16.5. The highest BCUT2D eigenvalue weighted by molar-refractivity contribution is 5.89. The molecule has 0 aliphatic heterocycles. The molecule has 0 aliphatic rings. The Morgan fingerprint density at radius 3 is 2.22 bits per heavy atom. The van der Waals surface area contributed by atoms with Crippen LogP contribution in [0.4, 0.5) is 0 Å². The van der Waals surface area contributed by atoms with Gasteiger partial charge in [0, 0.05) is 13.2 Å². The molecule has 1 atom stereocenters. The van der Waals surface area contributed by atoms with Gasteiger partial charge < -0.3 is 15.4 Å². The van der Waals surface area contributed by atoms with Gasteiger partial charge in [-0.15, -0.1) is 0 Å². The molecule has 168 valence electrons. The molecule has 0 fully saturated rings. The summed E-state index contributed by atoms with van der Waals surface area (Å²) in [5.41, 5.74) is 3.03. The maximum Gasteiger partial charge on any atom is 0.243 e. The van der Waals surface area contributed by atoms with E-state index in [1.165, 1.54) is 0 Å². The Balaban J connectivity index is 1.55. The van der Waals surface area contributed by atoms with Crippen LogP contribution in [0.2, 0.25) is 0 Å². The summed E-state index contributed by atoms with van der Waals surface area (Å²) in [6, 6.07) is 21.4. The van der Waals surface area contributed by atoms with Crippen molar-refractivity contribution in [1.29, 1.82) is 0 Å². The van der Waals surface area contributed by atoms with E-state index in [2.05, 4.69) is 10.6 Å². The quantitative estimate of drug-likeness (QED) is 0.500. The van der Waals surface area contributed by atoms with Gasteiger partial charge in [-0.2, -0.15) is 0 Å². The molecule has 32 heavy (non-hydrogen) atoms. The molecule has 0 heterocycles. The van der Waals surface area contributed by atoms with Crippen LogP contribution in [0.15, 0.2) is 66.7 Å². The molecule has 3 aromatic carbocycles. The first-order valence-corrected chi connectivity index (χ1v) is 11.2. The predicted octanol–water partition coefficient (Wildman–Crippen LogP) is 4.38. The Kier molecular flexibility index (Phi) is 8.40. The minimum absolute atomic E-state index is 0.0240. The monoisotopic (exact) mass is 432 g/mol. The van der Waals surface area contributed by atoms with E-state index in [4.69, 9.17) is 4.74 Å². The van der Waals surface area contributed by atoms with E-state index in [9.17, 15) is 9.59 Å². The lowest BCUT2D eigenvalue weighted by Crippen LogP contribution is -2.49. The standard InChI is InChI=1S/C27H32N2O3/c1-4-32-18-21-11-9-20(10-12-21)17-28-27(31)26(19(2)3)29-25(30)16-22-13-14-23-7-5-6-8-24(23)15-22/h5-15,19,26H,4,16-18H2,1-3H3,(H,28,31)(H,29,30). The number of fused-ring (bicyclic) bond motifs is 1. The van der Waals surface area contributed by atoms with Crippen molar-refractivity contribution in [3.63, 3.8) is 0 Å². The van der Waals surface area contributed by atoms with E-state index >= 15 is 0 Å². The number of hydrogen-bond acceptors (Lipinski definition) is 3. The van der Waals surface area contributed by atoms with Gasteiger partial charge in [0.25, 0.3) is 0 Å². The molecule has 3 rings (SSSR count). The lowest BCUT2D eigenvalue weighted by Gasteiger charge is -2.22. The van der Waals surface area contributed by atoms with Crippen molar-refractivity contribution >= 4 is 22.6 Å². The molecule has 0 saturated carbocycles. The van der Waals surface area contributed by atoms with Crippen LogP contribution in [0.5, 0.6) is 0 Å². The van der Waals surface area contributed by atoms with E-state index in [0.717, 1.165) is 27.5 Å². The Labute approximate surface area is 190 Å². The fraction of sp³-hybridized carbons (Fsp3) is 0.333. The van der Waals surface area contributed by atoms with Gasteiger partial charge in [0.05, 0.1) is 13.0 Å². The summed E-state index contributed by atoms with van der Waals surface area (Å²) in [6.07, 6.45) is 0.239. The van der Waals surface area contributed by atoms with Gasteiger partial charge in [-0.05, 0) is 40.3 Å². The zero-order valence-electron chi connectivity index (χ0n) is 19.1. The smallest absolute Gasteiger partial charge is 0.243 e. The van der Waals surface area contributed by atoms with Crippen molar-refractivity contribution in [3.8, 4) is 0 Å². The SMILES string of the molecule is CCOCc1ccc(CNC(=O)C(NC(=O)Cc2ccc3ccccc3c2)C(C)C)cc1. The third kappa shape index (κ3) is 6.66. The first-order chi connectivity index (χ1) is 15.5. The second kappa shape index (κ2) is 11.4. The number of ether oxygens (including phenoxy) is 1. The lowest BCUT2D eigenvalue weighted by molar-refractivity contribution is -0.129. The van der Waals surface area contributed by atoms with Crippen LogP contribution in [-0.4, -0.2) is 24.5 Å². The summed E-state index contributed by atoms with van der Waals surface area (Å²) >= 11 is 0. The number of amides is 2. The summed E-state index contributed by atoms with van der Waals surface area (Å²) in [5.74, 6) is -0.358. The van der Waals surface area contributed by atoms with Crippen molar-refractivity contribution in [2.45, 2.75) is 46.4 Å². The Bertz CT molecular complexity index is 1040. The molecule has 5 heteroatoms.